The molecular weight excluding hydrogens is 268 g/mol. The molecule has 0 aliphatic rings. The highest BCUT2D eigenvalue weighted by Crippen LogP contribution is 2.19. The highest BCUT2D eigenvalue weighted by Gasteiger charge is 2.26. The van der Waals surface area contributed by atoms with Crippen LogP contribution in [0.25, 0.3) is 0 Å². The van der Waals surface area contributed by atoms with E-state index < -0.39 is 6.29 Å². The highest BCUT2D eigenvalue weighted by molar-refractivity contribution is 5.73. The van der Waals surface area contributed by atoms with Gasteiger partial charge in [-0.3, -0.25) is 9.59 Å². The third kappa shape index (κ3) is 8.74. The van der Waals surface area contributed by atoms with Crippen LogP contribution in [0.2, 0.25) is 0 Å². The van der Waals surface area contributed by atoms with Gasteiger partial charge in [-0.05, 0) is 19.3 Å². The Morgan fingerprint density at radius 1 is 0.905 bits per heavy atom. The second kappa shape index (κ2) is 11.6. The first kappa shape index (κ1) is 19.9. The van der Waals surface area contributed by atoms with Crippen molar-refractivity contribution in [3.8, 4) is 0 Å². The van der Waals surface area contributed by atoms with Crippen LogP contribution in [0, 0.1) is 11.8 Å². The molecule has 0 spiro atoms. The van der Waals surface area contributed by atoms with Crippen LogP contribution in [-0.2, 0) is 19.1 Å². The molecule has 0 saturated carbocycles. The number of esters is 2. The van der Waals surface area contributed by atoms with Crippen molar-refractivity contribution in [1.82, 2.24) is 0 Å². The average molecular weight is 300 g/mol. The summed E-state index contributed by atoms with van der Waals surface area (Å²) < 4.78 is 10.8. The summed E-state index contributed by atoms with van der Waals surface area (Å²) in [4.78, 5) is 23.9. The van der Waals surface area contributed by atoms with Crippen LogP contribution < -0.4 is 0 Å². The molecule has 0 aliphatic carbocycles. The number of ether oxygens (including phenoxy) is 2. The maximum atomic E-state index is 12.2. The first-order chi connectivity index (χ1) is 9.96. The predicted molar refractivity (Wildman–Crippen MR) is 83.6 cm³/mol. The molecule has 0 rings (SSSR count). The SMILES string of the molecule is CCCCC(=O)OC(OC(=O)C(CCC)CCC)C(C)C. The van der Waals surface area contributed by atoms with E-state index >= 15 is 0 Å². The number of carbonyl (C=O) groups excluding carboxylic acids is 2. The Kier molecular flexibility index (Phi) is 11.0. The number of hydrogen-bond donors (Lipinski definition) is 0. The maximum Gasteiger partial charge on any atom is 0.312 e. The van der Waals surface area contributed by atoms with Crippen LogP contribution >= 0.6 is 0 Å². The van der Waals surface area contributed by atoms with Crippen LogP contribution in [0.15, 0.2) is 0 Å². The van der Waals surface area contributed by atoms with Crippen LogP contribution in [-0.4, -0.2) is 18.2 Å². The zero-order chi connectivity index (χ0) is 16.3. The second-order valence-electron chi connectivity index (χ2n) is 5.92. The summed E-state index contributed by atoms with van der Waals surface area (Å²) in [6, 6.07) is 0. The van der Waals surface area contributed by atoms with Crippen molar-refractivity contribution in [2.45, 2.75) is 85.9 Å². The molecule has 124 valence electrons. The highest BCUT2D eigenvalue weighted by atomic mass is 16.7. The van der Waals surface area contributed by atoms with Gasteiger partial charge in [0.05, 0.1) is 5.92 Å². The largest absolute Gasteiger partial charge is 0.425 e. The van der Waals surface area contributed by atoms with E-state index in [0.29, 0.717) is 6.42 Å². The molecule has 0 aromatic heterocycles. The number of hydrogen-bond acceptors (Lipinski definition) is 4. The number of carbonyl (C=O) groups is 2. The molecule has 21 heavy (non-hydrogen) atoms. The molecule has 4 heteroatoms. The smallest absolute Gasteiger partial charge is 0.312 e. The molecule has 0 bridgehead atoms. The molecule has 0 amide bonds. The Balaban J connectivity index is 4.53. The van der Waals surface area contributed by atoms with Gasteiger partial charge in [-0.15, -0.1) is 0 Å². The second-order valence-corrected chi connectivity index (χ2v) is 5.92. The molecule has 1 atom stereocenters. The lowest BCUT2D eigenvalue weighted by Gasteiger charge is -2.24. The third-order valence-corrected chi connectivity index (χ3v) is 3.37. The number of unbranched alkanes of at least 4 members (excludes halogenated alkanes) is 1. The summed E-state index contributed by atoms with van der Waals surface area (Å²) in [5.74, 6) is -0.648. The van der Waals surface area contributed by atoms with Gasteiger partial charge in [-0.25, -0.2) is 0 Å². The molecule has 0 aromatic rings. The van der Waals surface area contributed by atoms with E-state index in [1.807, 2.05) is 20.8 Å². The van der Waals surface area contributed by atoms with Gasteiger partial charge < -0.3 is 9.47 Å². The molecule has 0 fully saturated rings. The molecule has 0 radical (unpaired) electrons. The van der Waals surface area contributed by atoms with E-state index in [2.05, 4.69) is 13.8 Å². The van der Waals surface area contributed by atoms with Crippen LogP contribution in [0.3, 0.4) is 0 Å². The Morgan fingerprint density at radius 3 is 1.90 bits per heavy atom. The van der Waals surface area contributed by atoms with Crippen molar-refractivity contribution >= 4 is 11.9 Å². The van der Waals surface area contributed by atoms with Gasteiger partial charge in [-0.2, -0.15) is 0 Å². The van der Waals surface area contributed by atoms with E-state index in [1.54, 1.807) is 0 Å². The summed E-state index contributed by atoms with van der Waals surface area (Å²) in [6.07, 6.45) is 4.89. The van der Waals surface area contributed by atoms with Gasteiger partial charge in [-0.1, -0.05) is 53.9 Å². The Labute approximate surface area is 129 Å². The Hall–Kier alpha value is -1.06. The van der Waals surface area contributed by atoms with E-state index in [-0.39, 0.29) is 23.8 Å². The summed E-state index contributed by atoms with van der Waals surface area (Å²) >= 11 is 0. The molecule has 1 unspecified atom stereocenters. The standard InChI is InChI=1S/C17H32O4/c1-6-9-12-15(18)20-17(13(4)5)21-16(19)14(10-7-2)11-8-3/h13-14,17H,6-12H2,1-5H3. The molecule has 0 aromatic carbocycles. The summed E-state index contributed by atoms with van der Waals surface area (Å²) in [7, 11) is 0. The molecular formula is C17H32O4. The summed E-state index contributed by atoms with van der Waals surface area (Å²) in [5, 5.41) is 0. The minimum atomic E-state index is -0.766. The summed E-state index contributed by atoms with van der Waals surface area (Å²) in [5.41, 5.74) is 0. The predicted octanol–water partition coefficient (Wildman–Crippen LogP) is 4.46. The zero-order valence-corrected chi connectivity index (χ0v) is 14.3. The van der Waals surface area contributed by atoms with Crippen LogP contribution in [0.1, 0.15) is 79.6 Å². The molecule has 0 heterocycles. The van der Waals surface area contributed by atoms with Gasteiger partial charge in [0.2, 0.25) is 6.29 Å². The number of rotatable bonds is 11. The van der Waals surface area contributed by atoms with Gasteiger partial charge >= 0.3 is 11.9 Å². The maximum absolute atomic E-state index is 12.2. The van der Waals surface area contributed by atoms with Gasteiger partial charge in [0.1, 0.15) is 0 Å². The lowest BCUT2D eigenvalue weighted by Crippen LogP contribution is -2.32. The summed E-state index contributed by atoms with van der Waals surface area (Å²) in [6.45, 7) is 9.91. The van der Waals surface area contributed by atoms with Crippen molar-refractivity contribution in [2.24, 2.45) is 11.8 Å². The normalized spacial score (nSPS) is 12.5. The lowest BCUT2D eigenvalue weighted by atomic mass is 9.98. The van der Waals surface area contributed by atoms with Gasteiger partial charge in [0.25, 0.3) is 0 Å². The fourth-order valence-electron chi connectivity index (χ4n) is 2.09. The fourth-order valence-corrected chi connectivity index (χ4v) is 2.09. The van der Waals surface area contributed by atoms with Crippen LogP contribution in [0.4, 0.5) is 0 Å². The monoisotopic (exact) mass is 300 g/mol. The van der Waals surface area contributed by atoms with Gasteiger partial charge in [0.15, 0.2) is 0 Å². The minimum Gasteiger partial charge on any atom is -0.425 e. The van der Waals surface area contributed by atoms with E-state index in [9.17, 15) is 9.59 Å². The Bertz CT molecular complexity index is 293. The molecule has 0 N–H and O–H groups in total. The van der Waals surface area contributed by atoms with E-state index in [1.165, 1.54) is 0 Å². The minimum absolute atomic E-state index is 0.0385. The van der Waals surface area contributed by atoms with Crippen molar-refractivity contribution in [3.63, 3.8) is 0 Å². The molecule has 0 saturated heterocycles. The zero-order valence-electron chi connectivity index (χ0n) is 14.3. The van der Waals surface area contributed by atoms with Crippen molar-refractivity contribution in [3.05, 3.63) is 0 Å². The van der Waals surface area contributed by atoms with Crippen molar-refractivity contribution in [1.29, 1.82) is 0 Å². The first-order valence-electron chi connectivity index (χ1n) is 8.36. The van der Waals surface area contributed by atoms with Crippen LogP contribution in [0.5, 0.6) is 0 Å². The van der Waals surface area contributed by atoms with E-state index in [4.69, 9.17) is 9.47 Å². The Morgan fingerprint density at radius 2 is 1.48 bits per heavy atom. The third-order valence-electron chi connectivity index (χ3n) is 3.37. The van der Waals surface area contributed by atoms with Gasteiger partial charge in [0, 0.05) is 12.3 Å². The quantitative estimate of drug-likeness (QED) is 0.417. The van der Waals surface area contributed by atoms with Crippen molar-refractivity contribution < 1.29 is 19.1 Å². The topological polar surface area (TPSA) is 52.6 Å². The first-order valence-corrected chi connectivity index (χ1v) is 8.36. The lowest BCUT2D eigenvalue weighted by molar-refractivity contribution is -0.199. The molecule has 4 nitrogen and oxygen atoms in total. The van der Waals surface area contributed by atoms with E-state index in [0.717, 1.165) is 38.5 Å². The fraction of sp³-hybridized carbons (Fsp3) is 0.882. The molecule has 0 aliphatic heterocycles. The average Bonchev–Trinajstić information content (AvgIpc) is 2.43. The van der Waals surface area contributed by atoms with Crippen molar-refractivity contribution in [2.75, 3.05) is 0 Å².